The van der Waals surface area contributed by atoms with E-state index in [1.807, 2.05) is 0 Å². The van der Waals surface area contributed by atoms with Crippen LogP contribution >= 0.6 is 0 Å². The molecule has 0 saturated heterocycles. The van der Waals surface area contributed by atoms with E-state index in [-0.39, 0.29) is 29.1 Å². The van der Waals surface area contributed by atoms with Gasteiger partial charge in [-0.3, -0.25) is 25.5 Å². The molecule has 0 fully saturated rings. The highest BCUT2D eigenvalue weighted by Crippen LogP contribution is 2.36. The van der Waals surface area contributed by atoms with Gasteiger partial charge in [0.15, 0.2) is 17.2 Å². The number of nitrogens with one attached hydrogen (secondary N) is 1. The lowest BCUT2D eigenvalue weighted by Crippen LogP contribution is -2.54. The summed E-state index contributed by atoms with van der Waals surface area (Å²) in [6.45, 7) is 5.77. The third-order valence-electron chi connectivity index (χ3n) is 5.39. The van der Waals surface area contributed by atoms with E-state index < -0.39 is 39.5 Å². The molecule has 0 aliphatic rings. The summed E-state index contributed by atoms with van der Waals surface area (Å²) in [4.78, 5) is 34.4. The van der Waals surface area contributed by atoms with Crippen LogP contribution < -0.4 is 11.3 Å². The van der Waals surface area contributed by atoms with Gasteiger partial charge in [0.1, 0.15) is 17.2 Å². The van der Waals surface area contributed by atoms with Crippen molar-refractivity contribution >= 4 is 23.6 Å². The van der Waals surface area contributed by atoms with Gasteiger partial charge in [-0.1, -0.05) is 6.07 Å². The van der Waals surface area contributed by atoms with Gasteiger partial charge in [0.25, 0.3) is 5.91 Å². The van der Waals surface area contributed by atoms with Crippen LogP contribution in [-0.4, -0.2) is 65.9 Å². The monoisotopic (exact) mass is 531 g/mol. The molecular formula is C24H29N5O9. The zero-order valence-electron chi connectivity index (χ0n) is 20.9. The number of nitriles is 1. The lowest BCUT2D eigenvalue weighted by atomic mass is 9.93. The number of aliphatic carboxylic acids is 1. The van der Waals surface area contributed by atoms with E-state index in [1.54, 1.807) is 19.9 Å². The number of benzene rings is 2. The van der Waals surface area contributed by atoms with E-state index >= 15 is 0 Å². The summed E-state index contributed by atoms with van der Waals surface area (Å²) in [5.74, 6) is 1.47. The largest absolute Gasteiger partial charge is 0.504 e. The normalized spacial score (nSPS) is 12.3. The van der Waals surface area contributed by atoms with E-state index in [9.17, 15) is 35.0 Å². The fourth-order valence-electron chi connectivity index (χ4n) is 3.11. The highest BCUT2D eigenvalue weighted by molar-refractivity contribution is 6.01. The van der Waals surface area contributed by atoms with Gasteiger partial charge in [-0.05, 0) is 56.2 Å². The van der Waals surface area contributed by atoms with E-state index in [1.165, 1.54) is 30.0 Å². The number of carboxylic acids is 1. The first-order valence-corrected chi connectivity index (χ1v) is 11.1. The predicted molar refractivity (Wildman–Crippen MR) is 135 cm³/mol. The first-order valence-electron chi connectivity index (χ1n) is 11.1. The number of amides is 1. The molecule has 8 N–H and O–H groups in total. The van der Waals surface area contributed by atoms with Crippen LogP contribution in [0.5, 0.6) is 23.0 Å². The summed E-state index contributed by atoms with van der Waals surface area (Å²) < 4.78 is 0. The Kier molecular flexibility index (Phi) is 11.0. The number of likely N-dealkylation sites (N-methyl/N-ethyl adjacent to an activating group) is 1. The molecule has 2 aromatic rings. The number of hydrazine groups is 1. The number of hydrogen-bond acceptors (Lipinski definition) is 11. The highest BCUT2D eigenvalue weighted by atomic mass is 16.6. The van der Waals surface area contributed by atoms with Gasteiger partial charge in [-0.15, -0.1) is 0 Å². The number of rotatable bonds is 9. The minimum Gasteiger partial charge on any atom is -0.504 e. The van der Waals surface area contributed by atoms with Gasteiger partial charge in [-0.25, -0.2) is 5.43 Å². The number of nitro groups is 1. The molecule has 0 spiro atoms. The van der Waals surface area contributed by atoms with Crippen molar-refractivity contribution in [2.75, 3.05) is 13.1 Å². The fraction of sp³-hybridized carbons (Fsp3) is 0.292. The lowest BCUT2D eigenvalue weighted by Gasteiger charge is -2.23. The molecule has 1 atom stereocenters. The minimum atomic E-state index is -1.32. The number of nitrogens with zero attached hydrogens (tertiary/aromatic N) is 3. The molecule has 0 saturated carbocycles. The van der Waals surface area contributed by atoms with E-state index in [4.69, 9.17) is 21.3 Å². The number of carbonyl (C=O) groups excluding carboxylic acids is 1. The molecule has 14 nitrogen and oxygen atoms in total. The van der Waals surface area contributed by atoms with Crippen LogP contribution in [0, 0.1) is 21.4 Å². The van der Waals surface area contributed by atoms with Gasteiger partial charge >= 0.3 is 11.7 Å². The number of nitrogens with two attached hydrogens (primary N) is 1. The van der Waals surface area contributed by atoms with Crippen LogP contribution in [0.15, 0.2) is 35.9 Å². The number of phenolic OH excluding ortho intramolecular Hbond substituents is 4. The minimum absolute atomic E-state index is 0.0686. The molecule has 2 rings (SSSR count). The smallest absolute Gasteiger partial charge is 0.325 e. The quantitative estimate of drug-likeness (QED) is 0.0610. The maximum Gasteiger partial charge on any atom is 0.325 e. The first kappa shape index (κ1) is 31.2. The van der Waals surface area contributed by atoms with Crippen molar-refractivity contribution in [2.45, 2.75) is 32.7 Å². The molecular weight excluding hydrogens is 502 g/mol. The molecule has 2 aromatic carbocycles. The summed E-state index contributed by atoms with van der Waals surface area (Å²) in [7, 11) is 0. The lowest BCUT2D eigenvalue weighted by molar-refractivity contribution is -0.386. The second-order valence-electron chi connectivity index (χ2n) is 8.09. The summed E-state index contributed by atoms with van der Waals surface area (Å²) in [6.07, 6.45) is 1.22. The molecule has 0 unspecified atom stereocenters. The summed E-state index contributed by atoms with van der Waals surface area (Å²) in [6, 6.07) is 7.87. The first-order chi connectivity index (χ1) is 17.7. The number of aromatic hydroxyl groups is 4. The number of carboxylic acid groups (broad SMARTS) is 1. The third kappa shape index (κ3) is 7.82. The Morgan fingerprint density at radius 2 is 1.74 bits per heavy atom. The van der Waals surface area contributed by atoms with E-state index in [2.05, 4.69) is 5.43 Å². The average molecular weight is 532 g/mol. The number of phenols is 4. The second-order valence-corrected chi connectivity index (χ2v) is 8.09. The summed E-state index contributed by atoms with van der Waals surface area (Å²) in [5, 5.41) is 66.1. The van der Waals surface area contributed by atoms with Crippen molar-refractivity contribution in [1.29, 1.82) is 5.26 Å². The Labute approximate surface area is 217 Å². The van der Waals surface area contributed by atoms with E-state index in [0.717, 1.165) is 18.2 Å². The zero-order valence-corrected chi connectivity index (χ0v) is 20.9. The average Bonchev–Trinajstić information content (AvgIpc) is 2.87. The van der Waals surface area contributed by atoms with E-state index in [0.29, 0.717) is 18.7 Å². The van der Waals surface area contributed by atoms with Crippen LogP contribution in [0.4, 0.5) is 5.69 Å². The second kappa shape index (κ2) is 13.4. The molecule has 38 heavy (non-hydrogen) atoms. The molecule has 0 aliphatic carbocycles. The standard InChI is InChI=1S/C14H15N3O5.C10H14N2O4/c1-3-16(4-2)14(20)10(8-15)5-9-6-11(17(21)22)13(19)12(18)7-9;1-10(12-11,9(15)16)5-6-2-3-7(13)8(14)4-6/h5-7,18-19H,3-4H2,1-2H3;2-4,12-14H,5,11H2,1H3,(H,15,16)/b10-5+;/t;10-/m.0/s1. The van der Waals surface area contributed by atoms with Crippen molar-refractivity contribution < 1.29 is 40.0 Å². The Hall–Kier alpha value is -4.87. The molecule has 0 aromatic heterocycles. The highest BCUT2D eigenvalue weighted by Gasteiger charge is 2.32. The number of nitro benzene ring substituents is 1. The zero-order chi connectivity index (χ0) is 29.2. The van der Waals surface area contributed by atoms with Crippen molar-refractivity contribution in [3.63, 3.8) is 0 Å². The molecule has 1 amide bonds. The topological polar surface area (TPSA) is 244 Å². The van der Waals surface area contributed by atoms with Crippen LogP contribution in [0.25, 0.3) is 6.08 Å². The molecule has 0 heterocycles. The van der Waals surface area contributed by atoms with Crippen LogP contribution in [-0.2, 0) is 16.0 Å². The molecule has 14 heteroatoms. The molecule has 0 aliphatic heterocycles. The predicted octanol–water partition coefficient (Wildman–Crippen LogP) is 1.73. The van der Waals surface area contributed by atoms with Gasteiger partial charge < -0.3 is 30.4 Å². The third-order valence-corrected chi connectivity index (χ3v) is 5.39. The van der Waals surface area contributed by atoms with Crippen molar-refractivity contribution in [3.05, 3.63) is 57.1 Å². The van der Waals surface area contributed by atoms with Gasteiger partial charge in [0.2, 0.25) is 5.75 Å². The Morgan fingerprint density at radius 1 is 1.13 bits per heavy atom. The SMILES string of the molecule is CCN(CC)C(=O)/C(C#N)=C/c1cc(O)c(O)c([N+](=O)[O-])c1.C[C@@](Cc1ccc(O)c(O)c1)(NN)C(=O)O. The van der Waals surface area contributed by atoms with Crippen molar-refractivity contribution in [3.8, 4) is 29.1 Å². The summed E-state index contributed by atoms with van der Waals surface area (Å²) in [5.41, 5.74) is 0.594. The fourth-order valence-corrected chi connectivity index (χ4v) is 3.11. The maximum atomic E-state index is 12.1. The molecule has 0 radical (unpaired) electrons. The van der Waals surface area contributed by atoms with Gasteiger partial charge in [0, 0.05) is 25.6 Å². The number of carbonyl (C=O) groups is 2. The maximum absolute atomic E-state index is 12.1. The molecule has 204 valence electrons. The Bertz CT molecular complexity index is 1270. The summed E-state index contributed by atoms with van der Waals surface area (Å²) >= 11 is 0. The van der Waals surface area contributed by atoms with Crippen LogP contribution in [0.2, 0.25) is 0 Å². The van der Waals surface area contributed by atoms with Crippen molar-refractivity contribution in [1.82, 2.24) is 10.3 Å². The van der Waals surface area contributed by atoms with Gasteiger partial charge in [-0.2, -0.15) is 5.26 Å². The van der Waals surface area contributed by atoms with Crippen LogP contribution in [0.3, 0.4) is 0 Å². The van der Waals surface area contributed by atoms with Crippen LogP contribution in [0.1, 0.15) is 31.9 Å². The number of hydrogen-bond donors (Lipinski definition) is 7. The van der Waals surface area contributed by atoms with Crippen molar-refractivity contribution in [2.24, 2.45) is 5.84 Å². The van der Waals surface area contributed by atoms with Gasteiger partial charge in [0.05, 0.1) is 4.92 Å². The Balaban J connectivity index is 0.000000399. The Morgan fingerprint density at radius 3 is 2.18 bits per heavy atom. The molecule has 0 bridgehead atoms.